The number of piperidine rings is 1. The van der Waals surface area contributed by atoms with Gasteiger partial charge in [0.2, 0.25) is 0 Å². The zero-order valence-corrected chi connectivity index (χ0v) is 22.2. The number of rotatable bonds is 6. The lowest BCUT2D eigenvalue weighted by Gasteiger charge is -2.39. The number of carbonyl (C=O) groups is 1. The fraction of sp³-hybridized carbons (Fsp3) is 0.462. The third-order valence-electron chi connectivity index (χ3n) is 6.51. The van der Waals surface area contributed by atoms with Crippen LogP contribution in [0.25, 0.3) is 6.08 Å². The maximum absolute atomic E-state index is 13.4. The molecule has 2 unspecified atom stereocenters. The molecule has 0 spiro atoms. The molecule has 0 aliphatic carbocycles. The highest BCUT2D eigenvalue weighted by molar-refractivity contribution is 8.26. The van der Waals surface area contributed by atoms with Crippen LogP contribution in [0.2, 0.25) is 0 Å². The summed E-state index contributed by atoms with van der Waals surface area (Å²) in [5.41, 5.74) is 1.20. The molecule has 0 bridgehead atoms. The number of pyridine rings is 1. The molecule has 7 nitrogen and oxygen atoms in total. The second-order valence-corrected chi connectivity index (χ2v) is 11.2. The molecule has 2 aromatic heterocycles. The highest BCUT2D eigenvalue weighted by Crippen LogP contribution is 2.38. The van der Waals surface area contributed by atoms with Crippen molar-refractivity contribution in [2.45, 2.75) is 53.6 Å². The number of aromatic nitrogens is 1. The highest BCUT2D eigenvalue weighted by Gasteiger charge is 2.34. The minimum Gasteiger partial charge on any atom is -0.467 e. The van der Waals surface area contributed by atoms with Crippen molar-refractivity contribution in [1.82, 2.24) is 9.47 Å². The van der Waals surface area contributed by atoms with E-state index in [1.807, 2.05) is 19.1 Å². The van der Waals surface area contributed by atoms with Crippen molar-refractivity contribution in [3.63, 3.8) is 0 Å². The molecular weight excluding hydrogens is 480 g/mol. The Balaban J connectivity index is 1.86. The van der Waals surface area contributed by atoms with Crippen LogP contribution in [-0.4, -0.2) is 32.8 Å². The fourth-order valence-electron chi connectivity index (χ4n) is 5.08. The van der Waals surface area contributed by atoms with Crippen LogP contribution in [0.3, 0.4) is 0 Å². The second-order valence-electron chi connectivity index (χ2n) is 9.50. The van der Waals surface area contributed by atoms with E-state index in [1.54, 1.807) is 23.8 Å². The van der Waals surface area contributed by atoms with Gasteiger partial charge in [-0.25, -0.2) is 0 Å². The van der Waals surface area contributed by atoms with E-state index in [2.05, 4.69) is 24.8 Å². The largest absolute Gasteiger partial charge is 0.467 e. The number of nitrogens with zero attached hydrogens (tertiary/aromatic N) is 4. The Morgan fingerprint density at radius 1 is 1.29 bits per heavy atom. The maximum Gasteiger partial charge on any atom is 0.270 e. The third-order valence-corrected chi connectivity index (χ3v) is 7.88. The SMILES string of the molecule is CCCn1c(N2CC(C)CC(C)C2)c(/C=C2/SC(=S)N(Cc3ccco3)C2=O)c(C)c(C#N)c1=O. The zero-order chi connectivity index (χ0) is 25.3. The van der Waals surface area contributed by atoms with E-state index in [1.165, 1.54) is 16.7 Å². The number of anilines is 1. The molecule has 184 valence electrons. The fourth-order valence-corrected chi connectivity index (χ4v) is 6.31. The summed E-state index contributed by atoms with van der Waals surface area (Å²) in [5, 5.41) is 9.83. The lowest BCUT2D eigenvalue weighted by molar-refractivity contribution is -0.122. The predicted octanol–water partition coefficient (Wildman–Crippen LogP) is 4.92. The van der Waals surface area contributed by atoms with Crippen molar-refractivity contribution in [2.24, 2.45) is 11.8 Å². The van der Waals surface area contributed by atoms with E-state index < -0.39 is 0 Å². The van der Waals surface area contributed by atoms with Gasteiger partial charge in [0.05, 0.1) is 17.7 Å². The Bertz CT molecular complexity index is 1260. The summed E-state index contributed by atoms with van der Waals surface area (Å²) < 4.78 is 7.59. The van der Waals surface area contributed by atoms with Crippen molar-refractivity contribution < 1.29 is 9.21 Å². The smallest absolute Gasteiger partial charge is 0.270 e. The average Bonchev–Trinajstić information content (AvgIpc) is 3.41. The molecule has 4 heterocycles. The quantitative estimate of drug-likeness (QED) is 0.403. The van der Waals surface area contributed by atoms with Gasteiger partial charge in [0.25, 0.3) is 11.5 Å². The number of hydrogen-bond donors (Lipinski definition) is 0. The van der Waals surface area contributed by atoms with Gasteiger partial charge in [0, 0.05) is 25.2 Å². The molecule has 2 aromatic rings. The molecule has 4 rings (SSSR count). The van der Waals surface area contributed by atoms with Crippen LogP contribution in [0.4, 0.5) is 5.82 Å². The first-order valence-corrected chi connectivity index (χ1v) is 13.2. The normalized spacial score (nSPS) is 21.7. The van der Waals surface area contributed by atoms with Crippen molar-refractivity contribution in [1.29, 1.82) is 5.26 Å². The second kappa shape index (κ2) is 10.4. The number of amides is 1. The van der Waals surface area contributed by atoms with Gasteiger partial charge < -0.3 is 9.32 Å². The van der Waals surface area contributed by atoms with E-state index >= 15 is 0 Å². The van der Waals surface area contributed by atoms with Crippen LogP contribution < -0.4 is 10.5 Å². The molecule has 0 radical (unpaired) electrons. The van der Waals surface area contributed by atoms with E-state index in [0.29, 0.717) is 38.9 Å². The molecule has 2 aliphatic rings. The molecule has 2 saturated heterocycles. The molecule has 9 heteroatoms. The molecule has 0 aromatic carbocycles. The van der Waals surface area contributed by atoms with Crippen LogP contribution in [0.5, 0.6) is 0 Å². The number of hydrogen-bond acceptors (Lipinski definition) is 7. The van der Waals surface area contributed by atoms with E-state index in [9.17, 15) is 14.9 Å². The van der Waals surface area contributed by atoms with Gasteiger partial charge in [-0.3, -0.25) is 19.1 Å². The monoisotopic (exact) mass is 510 g/mol. The summed E-state index contributed by atoms with van der Waals surface area (Å²) in [6.45, 7) is 10.7. The Morgan fingerprint density at radius 3 is 2.60 bits per heavy atom. The summed E-state index contributed by atoms with van der Waals surface area (Å²) in [4.78, 5) is 31.0. The van der Waals surface area contributed by atoms with Crippen LogP contribution in [-0.2, 0) is 17.9 Å². The van der Waals surface area contributed by atoms with E-state index in [4.69, 9.17) is 16.6 Å². The lowest BCUT2D eigenvalue weighted by atomic mass is 9.91. The first-order valence-electron chi connectivity index (χ1n) is 11.9. The minimum atomic E-state index is -0.268. The predicted molar refractivity (Wildman–Crippen MR) is 143 cm³/mol. The summed E-state index contributed by atoms with van der Waals surface area (Å²) in [7, 11) is 0. The zero-order valence-electron chi connectivity index (χ0n) is 20.5. The van der Waals surface area contributed by atoms with E-state index in [0.717, 1.165) is 37.3 Å². The van der Waals surface area contributed by atoms with Crippen molar-refractivity contribution >= 4 is 46.1 Å². The third kappa shape index (κ3) is 4.95. The molecule has 2 aliphatic heterocycles. The van der Waals surface area contributed by atoms with Crippen molar-refractivity contribution in [3.8, 4) is 6.07 Å². The highest BCUT2D eigenvalue weighted by atomic mass is 32.2. The summed E-state index contributed by atoms with van der Waals surface area (Å²) in [6, 6.07) is 5.70. The standard InChI is InChI=1S/C26H30N4O3S2/c1-5-8-29-23(28-13-16(2)10-17(3)14-28)20(18(4)21(12-27)24(29)31)11-22-25(32)30(26(34)35-22)15-19-7-6-9-33-19/h6-7,9,11,16-17H,5,8,10,13-15H2,1-4H3/b22-11+. The maximum atomic E-state index is 13.4. The number of furan rings is 1. The molecule has 0 saturated carbocycles. The van der Waals surface area contributed by atoms with Gasteiger partial charge in [-0.1, -0.05) is 44.8 Å². The Hall–Kier alpha value is -2.83. The minimum absolute atomic E-state index is 0.123. The summed E-state index contributed by atoms with van der Waals surface area (Å²) in [5.74, 6) is 2.19. The van der Waals surface area contributed by atoms with Crippen LogP contribution in [0.15, 0.2) is 32.5 Å². The molecule has 2 fully saturated rings. The van der Waals surface area contributed by atoms with Gasteiger partial charge in [0.1, 0.15) is 27.5 Å². The number of thiocarbonyl (C=S) groups is 1. The van der Waals surface area contributed by atoms with E-state index in [-0.39, 0.29) is 23.6 Å². The Labute approximate surface area is 215 Å². The molecule has 1 amide bonds. The van der Waals surface area contributed by atoms with Gasteiger partial charge in [-0.2, -0.15) is 5.26 Å². The Kier molecular flexibility index (Phi) is 7.53. The van der Waals surface area contributed by atoms with Crippen molar-refractivity contribution in [3.05, 3.63) is 56.1 Å². The van der Waals surface area contributed by atoms with Gasteiger partial charge >= 0.3 is 0 Å². The molecule has 0 N–H and O–H groups in total. The van der Waals surface area contributed by atoms with Gasteiger partial charge in [-0.15, -0.1) is 0 Å². The van der Waals surface area contributed by atoms with Gasteiger partial charge in [-0.05, 0) is 55.4 Å². The summed E-state index contributed by atoms with van der Waals surface area (Å²) in [6.07, 6.45) is 5.27. The molecular formula is C26H30N4O3S2. The lowest BCUT2D eigenvalue weighted by Crippen LogP contribution is -2.43. The van der Waals surface area contributed by atoms with Gasteiger partial charge in [0.15, 0.2) is 0 Å². The average molecular weight is 511 g/mol. The molecule has 2 atom stereocenters. The number of thioether (sulfide) groups is 1. The summed E-state index contributed by atoms with van der Waals surface area (Å²) >= 11 is 6.75. The van der Waals surface area contributed by atoms with Crippen LogP contribution >= 0.6 is 24.0 Å². The first-order chi connectivity index (χ1) is 16.7. The number of nitriles is 1. The van der Waals surface area contributed by atoms with Crippen molar-refractivity contribution in [2.75, 3.05) is 18.0 Å². The topological polar surface area (TPSA) is 82.5 Å². The van der Waals surface area contributed by atoms with Crippen LogP contribution in [0.1, 0.15) is 56.1 Å². The number of carbonyl (C=O) groups excluding carboxylic acids is 1. The first kappa shape index (κ1) is 25.3. The van der Waals surface area contributed by atoms with Crippen LogP contribution in [0, 0.1) is 30.1 Å². The molecule has 35 heavy (non-hydrogen) atoms. The Morgan fingerprint density at radius 2 is 2.00 bits per heavy atom.